The molecule has 0 aliphatic carbocycles. The summed E-state index contributed by atoms with van der Waals surface area (Å²) >= 11 is 1.97. The van der Waals surface area contributed by atoms with Gasteiger partial charge < -0.3 is 9.88 Å². The topological polar surface area (TPSA) is 33.1 Å². The Morgan fingerprint density at radius 3 is 2.95 bits per heavy atom. The number of fused-ring (bicyclic) bond motifs is 3. The van der Waals surface area contributed by atoms with Gasteiger partial charge in [0, 0.05) is 44.5 Å². The molecule has 2 aliphatic heterocycles. The number of aromatic nitrogens is 2. The van der Waals surface area contributed by atoms with Crippen LogP contribution in [0.5, 0.6) is 0 Å². The van der Waals surface area contributed by atoms with Crippen LogP contribution in [0, 0.1) is 0 Å². The maximum atomic E-state index is 4.79. The van der Waals surface area contributed by atoms with E-state index in [4.69, 9.17) is 4.98 Å². The Balaban J connectivity index is 1.51. The third kappa shape index (κ3) is 2.34. The molecule has 0 saturated carbocycles. The van der Waals surface area contributed by atoms with Gasteiger partial charge in [-0.15, -0.1) is 0 Å². The summed E-state index contributed by atoms with van der Waals surface area (Å²) in [5, 5.41) is 5.32. The molecule has 4 rings (SSSR count). The molecule has 0 amide bonds. The molecule has 0 radical (unpaired) electrons. The SMILES string of the molecule is c1ccc2c(c1)nc1n2CCC(CN2CCNCC2)S1. The highest BCUT2D eigenvalue weighted by Crippen LogP contribution is 2.34. The van der Waals surface area contributed by atoms with E-state index in [9.17, 15) is 0 Å². The number of hydrogen-bond acceptors (Lipinski definition) is 4. The predicted octanol–water partition coefficient (Wildman–Crippen LogP) is 1.81. The first kappa shape index (κ1) is 12.7. The lowest BCUT2D eigenvalue weighted by atomic mass is 10.2. The van der Waals surface area contributed by atoms with Gasteiger partial charge in [-0.3, -0.25) is 4.90 Å². The smallest absolute Gasteiger partial charge is 0.169 e. The number of hydrogen-bond donors (Lipinski definition) is 1. The van der Waals surface area contributed by atoms with Crippen molar-refractivity contribution < 1.29 is 0 Å². The molecule has 1 unspecified atom stereocenters. The molecule has 1 fully saturated rings. The van der Waals surface area contributed by atoms with Gasteiger partial charge >= 0.3 is 0 Å². The van der Waals surface area contributed by atoms with Gasteiger partial charge in [-0.2, -0.15) is 0 Å². The van der Waals surface area contributed by atoms with Crippen molar-refractivity contribution in [3.63, 3.8) is 0 Å². The average molecular weight is 288 g/mol. The monoisotopic (exact) mass is 288 g/mol. The minimum absolute atomic E-state index is 0.692. The summed E-state index contributed by atoms with van der Waals surface area (Å²) < 4.78 is 2.38. The first-order chi connectivity index (χ1) is 9.90. The van der Waals surface area contributed by atoms with Crippen LogP contribution in [0.4, 0.5) is 0 Å². The molecule has 0 bridgehead atoms. The Morgan fingerprint density at radius 1 is 1.20 bits per heavy atom. The molecule has 1 N–H and O–H groups in total. The van der Waals surface area contributed by atoms with E-state index in [-0.39, 0.29) is 0 Å². The molecule has 106 valence electrons. The maximum absolute atomic E-state index is 4.79. The standard InChI is InChI=1S/C15H20N4S/c1-2-4-14-13(3-1)17-15-19(14)8-5-12(20-15)11-18-9-6-16-7-10-18/h1-4,12,16H,5-11H2. The Morgan fingerprint density at radius 2 is 2.05 bits per heavy atom. The molecule has 1 aromatic carbocycles. The van der Waals surface area contributed by atoms with E-state index in [1.807, 2.05) is 11.8 Å². The molecule has 1 atom stereocenters. The second-order valence-corrected chi connectivity index (χ2v) is 6.88. The minimum atomic E-state index is 0.692. The Bertz CT molecular complexity index is 603. The number of benzene rings is 1. The summed E-state index contributed by atoms with van der Waals surface area (Å²) in [7, 11) is 0. The van der Waals surface area contributed by atoms with Crippen molar-refractivity contribution in [3.8, 4) is 0 Å². The molecule has 2 aromatic rings. The molecule has 5 heteroatoms. The van der Waals surface area contributed by atoms with E-state index >= 15 is 0 Å². The predicted molar refractivity (Wildman–Crippen MR) is 83.3 cm³/mol. The van der Waals surface area contributed by atoms with Gasteiger partial charge in [-0.25, -0.2) is 4.98 Å². The number of thioether (sulfide) groups is 1. The van der Waals surface area contributed by atoms with E-state index in [2.05, 4.69) is 39.0 Å². The Labute approximate surface area is 123 Å². The summed E-state index contributed by atoms with van der Waals surface area (Å²) in [5.74, 6) is 0. The van der Waals surface area contributed by atoms with Gasteiger partial charge in [0.25, 0.3) is 0 Å². The number of aryl methyl sites for hydroxylation is 1. The number of nitrogens with zero attached hydrogens (tertiary/aromatic N) is 3. The first-order valence-corrected chi connectivity index (χ1v) is 8.33. The van der Waals surface area contributed by atoms with Crippen molar-refractivity contribution in [1.29, 1.82) is 0 Å². The van der Waals surface area contributed by atoms with Crippen molar-refractivity contribution in [1.82, 2.24) is 19.8 Å². The van der Waals surface area contributed by atoms with Crippen molar-refractivity contribution in [3.05, 3.63) is 24.3 Å². The van der Waals surface area contributed by atoms with E-state index in [1.165, 1.54) is 36.7 Å². The molecule has 2 aliphatic rings. The molecular weight excluding hydrogens is 268 g/mol. The molecular formula is C15H20N4S. The molecule has 3 heterocycles. The quantitative estimate of drug-likeness (QED) is 0.913. The fourth-order valence-electron chi connectivity index (χ4n) is 3.15. The third-order valence-electron chi connectivity index (χ3n) is 4.24. The van der Waals surface area contributed by atoms with Crippen LogP contribution >= 0.6 is 11.8 Å². The molecule has 1 aromatic heterocycles. The van der Waals surface area contributed by atoms with Gasteiger partial charge in [0.1, 0.15) is 0 Å². The van der Waals surface area contributed by atoms with Gasteiger partial charge in [-0.05, 0) is 18.6 Å². The van der Waals surface area contributed by atoms with Crippen LogP contribution in [0.2, 0.25) is 0 Å². The van der Waals surface area contributed by atoms with E-state index in [1.54, 1.807) is 0 Å². The zero-order chi connectivity index (χ0) is 13.4. The zero-order valence-electron chi connectivity index (χ0n) is 11.6. The summed E-state index contributed by atoms with van der Waals surface area (Å²) in [4.78, 5) is 7.38. The summed E-state index contributed by atoms with van der Waals surface area (Å²) in [6.45, 7) is 6.96. The van der Waals surface area contributed by atoms with Crippen molar-refractivity contribution in [2.45, 2.75) is 23.4 Å². The average Bonchev–Trinajstić information content (AvgIpc) is 2.86. The molecule has 1 saturated heterocycles. The second-order valence-electron chi connectivity index (χ2n) is 5.61. The lowest BCUT2D eigenvalue weighted by Gasteiger charge is -2.32. The van der Waals surface area contributed by atoms with Crippen LogP contribution in [-0.2, 0) is 6.54 Å². The third-order valence-corrected chi connectivity index (χ3v) is 5.48. The first-order valence-electron chi connectivity index (χ1n) is 7.45. The van der Waals surface area contributed by atoms with Gasteiger partial charge in [0.05, 0.1) is 11.0 Å². The van der Waals surface area contributed by atoms with Crippen LogP contribution in [0.1, 0.15) is 6.42 Å². The van der Waals surface area contributed by atoms with Gasteiger partial charge in [-0.1, -0.05) is 23.9 Å². The summed E-state index contributed by atoms with van der Waals surface area (Å²) in [6.07, 6.45) is 1.25. The van der Waals surface area contributed by atoms with Crippen molar-refractivity contribution in [2.24, 2.45) is 0 Å². The van der Waals surface area contributed by atoms with Crippen molar-refractivity contribution >= 4 is 22.8 Å². The summed E-state index contributed by atoms with van der Waals surface area (Å²) in [5.41, 5.74) is 2.42. The number of para-hydroxylation sites is 2. The normalized spacial score (nSPS) is 23.9. The highest BCUT2D eigenvalue weighted by molar-refractivity contribution is 7.99. The van der Waals surface area contributed by atoms with E-state index in [0.29, 0.717) is 5.25 Å². The fraction of sp³-hybridized carbons (Fsp3) is 0.533. The van der Waals surface area contributed by atoms with E-state index < -0.39 is 0 Å². The second kappa shape index (κ2) is 5.39. The number of rotatable bonds is 2. The highest BCUT2D eigenvalue weighted by atomic mass is 32.2. The number of imidazole rings is 1. The lowest BCUT2D eigenvalue weighted by Crippen LogP contribution is -2.46. The number of nitrogens with one attached hydrogen (secondary N) is 1. The zero-order valence-corrected chi connectivity index (χ0v) is 12.4. The molecule has 0 spiro atoms. The largest absolute Gasteiger partial charge is 0.319 e. The summed E-state index contributed by atoms with van der Waals surface area (Å²) in [6, 6.07) is 8.48. The van der Waals surface area contributed by atoms with Crippen LogP contribution in [0.25, 0.3) is 11.0 Å². The van der Waals surface area contributed by atoms with Crippen LogP contribution in [-0.4, -0.2) is 52.4 Å². The highest BCUT2D eigenvalue weighted by Gasteiger charge is 2.24. The lowest BCUT2D eigenvalue weighted by molar-refractivity contribution is 0.237. The van der Waals surface area contributed by atoms with E-state index in [0.717, 1.165) is 25.2 Å². The molecule has 20 heavy (non-hydrogen) atoms. The minimum Gasteiger partial charge on any atom is -0.319 e. The fourth-order valence-corrected chi connectivity index (χ4v) is 4.43. The Kier molecular flexibility index (Phi) is 3.42. The van der Waals surface area contributed by atoms with Gasteiger partial charge in [0.2, 0.25) is 0 Å². The van der Waals surface area contributed by atoms with Crippen LogP contribution in [0.3, 0.4) is 0 Å². The van der Waals surface area contributed by atoms with Crippen molar-refractivity contribution in [2.75, 3.05) is 32.7 Å². The maximum Gasteiger partial charge on any atom is 0.169 e. The van der Waals surface area contributed by atoms with Crippen LogP contribution in [0.15, 0.2) is 29.4 Å². The number of piperazine rings is 1. The molecule has 4 nitrogen and oxygen atoms in total. The van der Waals surface area contributed by atoms with Crippen LogP contribution < -0.4 is 5.32 Å². The van der Waals surface area contributed by atoms with Gasteiger partial charge in [0.15, 0.2) is 5.16 Å². The Hall–Kier alpha value is -1.04.